The Hall–Kier alpha value is -3.14. The number of nitrogens with two attached hydrogens (primary N) is 1. The second-order valence-electron chi connectivity index (χ2n) is 7.44. The third-order valence-electron chi connectivity index (χ3n) is 5.38. The largest absolute Gasteiger partial charge is 1.00 e. The summed E-state index contributed by atoms with van der Waals surface area (Å²) >= 11 is 0. The summed E-state index contributed by atoms with van der Waals surface area (Å²) in [5.41, 5.74) is 8.76. The maximum atomic E-state index is 11.8. The Morgan fingerprint density at radius 3 is 2.18 bits per heavy atom. The summed E-state index contributed by atoms with van der Waals surface area (Å²) in [5.74, 6) is 0. The zero-order chi connectivity index (χ0) is 23.0. The third-order valence-corrected chi connectivity index (χ3v) is 6.26. The summed E-state index contributed by atoms with van der Waals surface area (Å²) < 4.78 is 35.3. The van der Waals surface area contributed by atoms with Crippen LogP contribution in [0.3, 0.4) is 0 Å². The van der Waals surface area contributed by atoms with Gasteiger partial charge in [0.2, 0.25) is 0 Å². The average molecular weight is 476 g/mol. The number of hydrogen-bond acceptors (Lipinski definition) is 7. The molecule has 1 heterocycles. The van der Waals surface area contributed by atoms with Crippen LogP contribution in [-0.4, -0.2) is 18.0 Å². The van der Waals surface area contributed by atoms with Crippen molar-refractivity contribution in [2.24, 2.45) is 10.2 Å². The first-order valence-corrected chi connectivity index (χ1v) is 11.5. The van der Waals surface area contributed by atoms with E-state index in [2.05, 4.69) is 15.2 Å². The predicted octanol–water partition coefficient (Wildman–Crippen LogP) is 2.96. The van der Waals surface area contributed by atoms with Crippen LogP contribution in [0.25, 0.3) is 32.8 Å². The van der Waals surface area contributed by atoms with Crippen molar-refractivity contribution in [2.75, 3.05) is 5.73 Å². The minimum absolute atomic E-state index is 0. The zero-order valence-electron chi connectivity index (χ0n) is 18.2. The minimum Gasteiger partial charge on any atom is -0.744 e. The zero-order valence-corrected chi connectivity index (χ0v) is 21.0. The molecule has 0 bridgehead atoms. The van der Waals surface area contributed by atoms with Gasteiger partial charge in [-0.05, 0) is 29.0 Å². The van der Waals surface area contributed by atoms with Crippen molar-refractivity contribution in [1.29, 1.82) is 0 Å². The van der Waals surface area contributed by atoms with E-state index in [9.17, 15) is 13.0 Å². The van der Waals surface area contributed by atoms with Crippen molar-refractivity contribution in [3.05, 3.63) is 91.1 Å². The number of benzene rings is 4. The monoisotopic (exact) mass is 476 g/mol. The van der Waals surface area contributed by atoms with Crippen molar-refractivity contribution >= 4 is 48.7 Å². The van der Waals surface area contributed by atoms with Gasteiger partial charge in [-0.25, -0.2) is 8.42 Å². The van der Waals surface area contributed by atoms with Crippen molar-refractivity contribution in [3.8, 4) is 11.3 Å². The van der Waals surface area contributed by atoms with Crippen LogP contribution in [0.15, 0.2) is 106 Å². The molecule has 9 heteroatoms. The Labute approximate surface area is 218 Å². The molecule has 0 saturated carbocycles. The molecule has 0 aliphatic heterocycles. The summed E-state index contributed by atoms with van der Waals surface area (Å²) in [6.07, 6.45) is 1.57. The van der Waals surface area contributed by atoms with E-state index in [4.69, 9.17) is 5.73 Å². The standard InChI is InChI=1S/C25H18N4O3S.Na/c26-25-21-10-4-3-9-20(21)24(33(30,31)32)14-23(25)29-28-17-12-13-22(27-15-17)19-11-5-7-16-6-1-2-8-18(16)19;/h1-15H,26H2,(H,30,31,32);/q;+1/p-1. The molecule has 162 valence electrons. The van der Waals surface area contributed by atoms with Gasteiger partial charge in [-0.2, -0.15) is 0 Å². The van der Waals surface area contributed by atoms with Gasteiger partial charge in [0, 0.05) is 16.3 Å². The maximum absolute atomic E-state index is 11.8. The van der Waals surface area contributed by atoms with Gasteiger partial charge in [0.15, 0.2) is 0 Å². The number of hydrogen-bond donors (Lipinski definition) is 1. The Morgan fingerprint density at radius 2 is 1.47 bits per heavy atom. The molecule has 5 aromatic rings. The molecule has 0 unspecified atom stereocenters. The van der Waals surface area contributed by atoms with Crippen molar-refractivity contribution < 1.29 is 42.5 Å². The van der Waals surface area contributed by atoms with E-state index in [1.165, 1.54) is 6.07 Å². The molecule has 0 spiro atoms. The van der Waals surface area contributed by atoms with Gasteiger partial charge in [-0.3, -0.25) is 4.98 Å². The molecule has 0 aliphatic carbocycles. The van der Waals surface area contributed by atoms with Crippen LogP contribution in [0, 0.1) is 0 Å². The normalized spacial score (nSPS) is 11.7. The molecule has 0 atom stereocenters. The summed E-state index contributed by atoms with van der Waals surface area (Å²) in [6, 6.07) is 25.4. The Balaban J connectivity index is 0.00000274. The number of azo groups is 1. The number of anilines is 1. The molecule has 1 aromatic heterocycles. The molecule has 5 rings (SSSR count). The summed E-state index contributed by atoms with van der Waals surface area (Å²) in [4.78, 5) is 4.13. The van der Waals surface area contributed by atoms with Crippen LogP contribution in [0.1, 0.15) is 0 Å². The van der Waals surface area contributed by atoms with Crippen LogP contribution < -0.4 is 35.3 Å². The number of rotatable bonds is 4. The van der Waals surface area contributed by atoms with Crippen LogP contribution in [0.4, 0.5) is 17.1 Å². The molecule has 0 aliphatic rings. The quantitative estimate of drug-likeness (QED) is 0.185. The fourth-order valence-corrected chi connectivity index (χ4v) is 4.51. The molecule has 34 heavy (non-hydrogen) atoms. The van der Waals surface area contributed by atoms with E-state index in [1.54, 1.807) is 30.5 Å². The summed E-state index contributed by atoms with van der Waals surface area (Å²) in [6.45, 7) is 0. The molecule has 0 saturated heterocycles. The fraction of sp³-hybridized carbons (Fsp3) is 0. The average Bonchev–Trinajstić information content (AvgIpc) is 2.83. The Morgan fingerprint density at radius 1 is 0.794 bits per heavy atom. The van der Waals surface area contributed by atoms with E-state index in [-0.39, 0.29) is 51.2 Å². The number of nitrogens with zero attached hydrogens (tertiary/aromatic N) is 3. The molecular formula is C25H17N4NaO3S. The number of pyridine rings is 1. The second-order valence-corrected chi connectivity index (χ2v) is 8.78. The van der Waals surface area contributed by atoms with E-state index in [1.807, 2.05) is 48.5 Å². The molecular weight excluding hydrogens is 459 g/mol. The van der Waals surface area contributed by atoms with Crippen LogP contribution in [0.5, 0.6) is 0 Å². The van der Waals surface area contributed by atoms with Gasteiger partial charge in [0.1, 0.15) is 21.5 Å². The summed E-state index contributed by atoms with van der Waals surface area (Å²) in [5, 5.41) is 11.2. The van der Waals surface area contributed by atoms with E-state index in [0.717, 1.165) is 28.1 Å². The minimum atomic E-state index is -4.73. The van der Waals surface area contributed by atoms with Crippen LogP contribution in [-0.2, 0) is 10.1 Å². The maximum Gasteiger partial charge on any atom is 1.00 e. The first-order valence-electron chi connectivity index (χ1n) is 10.0. The van der Waals surface area contributed by atoms with Crippen LogP contribution in [0.2, 0.25) is 0 Å². The molecule has 4 aromatic carbocycles. The predicted molar refractivity (Wildman–Crippen MR) is 128 cm³/mol. The van der Waals surface area contributed by atoms with Gasteiger partial charge in [0.05, 0.1) is 22.5 Å². The first-order chi connectivity index (χ1) is 15.9. The number of aromatic nitrogens is 1. The van der Waals surface area contributed by atoms with Gasteiger partial charge in [0.25, 0.3) is 0 Å². The van der Waals surface area contributed by atoms with E-state index < -0.39 is 10.1 Å². The van der Waals surface area contributed by atoms with Crippen molar-refractivity contribution in [3.63, 3.8) is 0 Å². The van der Waals surface area contributed by atoms with Gasteiger partial charge >= 0.3 is 29.6 Å². The fourth-order valence-electron chi connectivity index (χ4n) is 3.80. The van der Waals surface area contributed by atoms with E-state index >= 15 is 0 Å². The number of nitrogen functional groups attached to an aromatic ring is 1. The number of fused-ring (bicyclic) bond motifs is 2. The molecule has 0 fully saturated rings. The molecule has 7 nitrogen and oxygen atoms in total. The van der Waals surface area contributed by atoms with Gasteiger partial charge < -0.3 is 10.3 Å². The molecule has 0 radical (unpaired) electrons. The topological polar surface area (TPSA) is 121 Å². The Kier molecular flexibility index (Phi) is 6.79. The van der Waals surface area contributed by atoms with E-state index in [0.29, 0.717) is 11.1 Å². The smallest absolute Gasteiger partial charge is 0.744 e. The second kappa shape index (κ2) is 9.61. The third kappa shape index (κ3) is 4.59. The summed E-state index contributed by atoms with van der Waals surface area (Å²) in [7, 11) is -4.73. The van der Waals surface area contributed by atoms with Crippen molar-refractivity contribution in [2.45, 2.75) is 4.90 Å². The van der Waals surface area contributed by atoms with Gasteiger partial charge in [-0.15, -0.1) is 10.2 Å². The molecule has 0 amide bonds. The van der Waals surface area contributed by atoms with Crippen molar-refractivity contribution in [1.82, 2.24) is 4.98 Å². The first kappa shape index (κ1) is 24.0. The van der Waals surface area contributed by atoms with Gasteiger partial charge in [-0.1, -0.05) is 66.7 Å². The SMILES string of the molecule is Nc1c(N=Nc2ccc(-c3cccc4ccccc34)nc2)cc(S(=O)(=O)[O-])c2ccccc12.[Na+]. The van der Waals surface area contributed by atoms with Crippen LogP contribution >= 0.6 is 0 Å². The molecule has 2 N–H and O–H groups in total. The Bertz CT molecular complexity index is 1650.